The lowest BCUT2D eigenvalue weighted by molar-refractivity contribution is 0.322. The minimum atomic E-state index is -1.36. The van der Waals surface area contributed by atoms with Crippen LogP contribution in [0.25, 0.3) is 0 Å². The summed E-state index contributed by atoms with van der Waals surface area (Å²) in [5, 5.41) is 0. The van der Waals surface area contributed by atoms with Crippen LogP contribution in [0.15, 0.2) is 18.2 Å². The van der Waals surface area contributed by atoms with E-state index in [4.69, 9.17) is 9.47 Å². The van der Waals surface area contributed by atoms with Crippen molar-refractivity contribution in [3.05, 3.63) is 23.8 Å². The van der Waals surface area contributed by atoms with Crippen LogP contribution in [-0.2, 0) is 0 Å². The molecule has 0 aliphatic heterocycles. The quantitative estimate of drug-likeness (QED) is 0.608. The van der Waals surface area contributed by atoms with Gasteiger partial charge in [0.25, 0.3) is 0 Å². The molecule has 1 rings (SSSR count). The first kappa shape index (κ1) is 14.7. The van der Waals surface area contributed by atoms with Gasteiger partial charge < -0.3 is 9.47 Å². The molecule has 0 fully saturated rings. The fourth-order valence-corrected chi connectivity index (χ4v) is 1.90. The van der Waals surface area contributed by atoms with Gasteiger partial charge in [-0.15, -0.1) is 5.54 Å². The van der Waals surface area contributed by atoms with E-state index in [-0.39, 0.29) is 0 Å². The van der Waals surface area contributed by atoms with E-state index >= 15 is 0 Å². The fraction of sp³-hybridized carbons (Fsp3) is 0.467. The van der Waals surface area contributed by atoms with E-state index in [0.717, 1.165) is 17.1 Å². The molecule has 0 saturated heterocycles. The predicted molar refractivity (Wildman–Crippen MR) is 79.0 cm³/mol. The lowest BCUT2D eigenvalue weighted by Crippen LogP contribution is -2.16. The van der Waals surface area contributed by atoms with Gasteiger partial charge in [-0.05, 0) is 26.0 Å². The number of hydrogen-bond acceptors (Lipinski definition) is 2. The van der Waals surface area contributed by atoms with Crippen LogP contribution in [0.4, 0.5) is 0 Å². The number of rotatable bonds is 4. The molecule has 0 aliphatic rings. The summed E-state index contributed by atoms with van der Waals surface area (Å²) in [6, 6.07) is 5.84. The average molecular weight is 262 g/mol. The van der Waals surface area contributed by atoms with Gasteiger partial charge in [0.2, 0.25) is 0 Å². The van der Waals surface area contributed by atoms with Crippen LogP contribution in [0.1, 0.15) is 19.4 Å². The molecule has 0 aliphatic carbocycles. The first-order chi connectivity index (χ1) is 8.46. The van der Waals surface area contributed by atoms with Crippen molar-refractivity contribution in [1.29, 1.82) is 0 Å². The van der Waals surface area contributed by atoms with E-state index in [1.54, 1.807) is 0 Å². The van der Waals surface area contributed by atoms with Crippen molar-refractivity contribution in [3.8, 4) is 23.0 Å². The molecule has 3 heteroatoms. The van der Waals surface area contributed by atoms with Gasteiger partial charge >= 0.3 is 0 Å². The Bertz CT molecular complexity index is 450. The van der Waals surface area contributed by atoms with E-state index in [0.29, 0.717) is 13.2 Å². The highest BCUT2D eigenvalue weighted by molar-refractivity contribution is 6.83. The summed E-state index contributed by atoms with van der Waals surface area (Å²) >= 11 is 0. The van der Waals surface area contributed by atoms with E-state index < -0.39 is 8.07 Å². The molecule has 0 heterocycles. The zero-order valence-corrected chi connectivity index (χ0v) is 13.0. The van der Waals surface area contributed by atoms with Crippen LogP contribution >= 0.6 is 0 Å². The number of hydrogen-bond donors (Lipinski definition) is 0. The minimum Gasteiger partial charge on any atom is -0.494 e. The summed E-state index contributed by atoms with van der Waals surface area (Å²) in [5.41, 5.74) is 4.30. The maximum absolute atomic E-state index is 5.62. The van der Waals surface area contributed by atoms with Gasteiger partial charge in [-0.3, -0.25) is 0 Å². The van der Waals surface area contributed by atoms with Crippen LogP contribution in [0.3, 0.4) is 0 Å². The van der Waals surface area contributed by atoms with Crippen molar-refractivity contribution in [1.82, 2.24) is 0 Å². The Morgan fingerprint density at radius 2 is 1.72 bits per heavy atom. The Labute approximate surface area is 111 Å². The van der Waals surface area contributed by atoms with Crippen LogP contribution < -0.4 is 9.47 Å². The third kappa shape index (κ3) is 4.85. The van der Waals surface area contributed by atoms with Gasteiger partial charge in [-0.25, -0.2) is 0 Å². The molecule has 0 amide bonds. The highest BCUT2D eigenvalue weighted by Crippen LogP contribution is 2.24. The molecule has 0 atom stereocenters. The van der Waals surface area contributed by atoms with Crippen molar-refractivity contribution in [2.24, 2.45) is 0 Å². The van der Waals surface area contributed by atoms with Crippen LogP contribution in [0, 0.1) is 11.5 Å². The Morgan fingerprint density at radius 3 is 2.28 bits per heavy atom. The molecular formula is C15H22O2Si. The monoisotopic (exact) mass is 262 g/mol. The Balaban J connectivity index is 3.06. The molecule has 0 radical (unpaired) electrons. The molecular weight excluding hydrogens is 240 g/mol. The summed E-state index contributed by atoms with van der Waals surface area (Å²) in [6.45, 7) is 11.9. The minimum absolute atomic E-state index is 0.636. The predicted octanol–water partition coefficient (Wildman–Crippen LogP) is 3.71. The smallest absolute Gasteiger partial charge is 0.138 e. The lowest BCUT2D eigenvalue weighted by atomic mass is 10.2. The number of ether oxygens (including phenoxy) is 2. The SMILES string of the molecule is CCOc1ccc(C#C[Si](C)(C)C)c(OCC)c1. The maximum atomic E-state index is 5.62. The van der Waals surface area contributed by atoms with Crippen LogP contribution in [-0.4, -0.2) is 21.3 Å². The van der Waals surface area contributed by atoms with E-state index in [2.05, 4.69) is 31.1 Å². The van der Waals surface area contributed by atoms with E-state index in [1.165, 1.54) is 0 Å². The second-order valence-electron chi connectivity index (χ2n) is 5.02. The molecule has 98 valence electrons. The van der Waals surface area contributed by atoms with Gasteiger partial charge in [0.1, 0.15) is 19.6 Å². The zero-order valence-electron chi connectivity index (χ0n) is 12.0. The highest BCUT2D eigenvalue weighted by atomic mass is 28.3. The summed E-state index contributed by atoms with van der Waals surface area (Å²) in [5.74, 6) is 4.89. The van der Waals surface area contributed by atoms with Crippen molar-refractivity contribution >= 4 is 8.07 Å². The van der Waals surface area contributed by atoms with Crippen LogP contribution in [0.2, 0.25) is 19.6 Å². The molecule has 0 saturated carbocycles. The van der Waals surface area contributed by atoms with Crippen molar-refractivity contribution in [2.45, 2.75) is 33.5 Å². The van der Waals surface area contributed by atoms with Crippen molar-refractivity contribution in [3.63, 3.8) is 0 Å². The largest absolute Gasteiger partial charge is 0.494 e. The molecule has 1 aromatic carbocycles. The van der Waals surface area contributed by atoms with Gasteiger partial charge in [-0.1, -0.05) is 25.6 Å². The topological polar surface area (TPSA) is 18.5 Å². The zero-order chi connectivity index (χ0) is 13.6. The number of benzene rings is 1. The third-order valence-corrected chi connectivity index (χ3v) is 3.01. The molecule has 0 aromatic heterocycles. The Morgan fingerprint density at radius 1 is 1.06 bits per heavy atom. The first-order valence-corrected chi connectivity index (χ1v) is 9.89. The third-order valence-electron chi connectivity index (χ3n) is 2.14. The molecule has 2 nitrogen and oxygen atoms in total. The van der Waals surface area contributed by atoms with Crippen molar-refractivity contribution < 1.29 is 9.47 Å². The van der Waals surface area contributed by atoms with E-state index in [9.17, 15) is 0 Å². The molecule has 18 heavy (non-hydrogen) atoms. The molecule has 1 aromatic rings. The summed E-state index contributed by atoms with van der Waals surface area (Å²) in [4.78, 5) is 0. The second kappa shape index (κ2) is 6.51. The Hall–Kier alpha value is -1.40. The standard InChI is InChI=1S/C15H22O2Si/c1-6-16-14-9-8-13(10-11-18(3,4)5)15(12-14)17-7-2/h8-9,12H,6-7H2,1-5H3. The summed E-state index contributed by atoms with van der Waals surface area (Å²) in [6.07, 6.45) is 0. The highest BCUT2D eigenvalue weighted by Gasteiger charge is 2.09. The summed E-state index contributed by atoms with van der Waals surface area (Å²) in [7, 11) is -1.36. The van der Waals surface area contributed by atoms with Gasteiger partial charge in [0.05, 0.1) is 18.8 Å². The molecule has 0 spiro atoms. The fourth-order valence-electron chi connectivity index (χ4n) is 1.39. The van der Waals surface area contributed by atoms with E-state index in [1.807, 2.05) is 32.0 Å². The normalized spacial score (nSPS) is 10.5. The van der Waals surface area contributed by atoms with Crippen molar-refractivity contribution in [2.75, 3.05) is 13.2 Å². The average Bonchev–Trinajstić information content (AvgIpc) is 2.28. The first-order valence-electron chi connectivity index (χ1n) is 6.39. The maximum Gasteiger partial charge on any atom is 0.138 e. The Kier molecular flexibility index (Phi) is 5.30. The second-order valence-corrected chi connectivity index (χ2v) is 9.77. The van der Waals surface area contributed by atoms with Gasteiger partial charge in [0.15, 0.2) is 0 Å². The summed E-state index contributed by atoms with van der Waals surface area (Å²) < 4.78 is 11.1. The van der Waals surface area contributed by atoms with Crippen LogP contribution in [0.5, 0.6) is 11.5 Å². The molecule has 0 bridgehead atoms. The lowest BCUT2D eigenvalue weighted by Gasteiger charge is -2.10. The van der Waals surface area contributed by atoms with Gasteiger partial charge in [-0.2, -0.15) is 0 Å². The van der Waals surface area contributed by atoms with Gasteiger partial charge in [0, 0.05) is 6.07 Å². The molecule has 0 N–H and O–H groups in total. The molecule has 0 unspecified atom stereocenters.